The fourth-order valence-corrected chi connectivity index (χ4v) is 2.41. The normalized spacial score (nSPS) is 19.1. The second-order valence-corrected chi connectivity index (χ2v) is 4.58. The first-order valence-electron chi connectivity index (χ1n) is 6.16. The zero-order valence-corrected chi connectivity index (χ0v) is 10.7. The second-order valence-electron chi connectivity index (χ2n) is 4.58. The standard InChI is InChI=1S/C14H15FN2O2/c1-19-14(18)13-3-2-6-17(13)9-10-4-5-12(15)11(7-10)8-16/h4-5,7,13H,2-3,6,9H2,1H3. The van der Waals surface area contributed by atoms with E-state index in [9.17, 15) is 9.18 Å². The predicted molar refractivity (Wildman–Crippen MR) is 66.6 cm³/mol. The van der Waals surface area contributed by atoms with Crippen molar-refractivity contribution >= 4 is 5.97 Å². The number of benzene rings is 1. The number of ether oxygens (including phenoxy) is 1. The Balaban J connectivity index is 2.12. The van der Waals surface area contributed by atoms with Crippen LogP contribution in [0.2, 0.25) is 0 Å². The third-order valence-corrected chi connectivity index (χ3v) is 3.37. The van der Waals surface area contributed by atoms with E-state index >= 15 is 0 Å². The highest BCUT2D eigenvalue weighted by Crippen LogP contribution is 2.21. The van der Waals surface area contributed by atoms with E-state index in [1.54, 1.807) is 6.07 Å². The molecule has 0 saturated carbocycles. The van der Waals surface area contributed by atoms with Crippen LogP contribution >= 0.6 is 0 Å². The third-order valence-electron chi connectivity index (χ3n) is 3.37. The van der Waals surface area contributed by atoms with Crippen LogP contribution in [0.4, 0.5) is 4.39 Å². The summed E-state index contributed by atoms with van der Waals surface area (Å²) in [5.41, 5.74) is 0.861. The van der Waals surface area contributed by atoms with E-state index in [1.165, 1.54) is 19.2 Å². The molecule has 0 aliphatic carbocycles. The quantitative estimate of drug-likeness (QED) is 0.780. The SMILES string of the molecule is COC(=O)C1CCCN1Cc1ccc(F)c(C#N)c1. The van der Waals surface area contributed by atoms with E-state index < -0.39 is 5.82 Å². The molecule has 0 bridgehead atoms. The molecule has 1 atom stereocenters. The molecule has 5 heteroatoms. The average molecular weight is 262 g/mol. The number of rotatable bonds is 3. The number of hydrogen-bond donors (Lipinski definition) is 0. The molecule has 0 radical (unpaired) electrons. The molecule has 1 aromatic rings. The number of likely N-dealkylation sites (tertiary alicyclic amines) is 1. The molecule has 0 aromatic heterocycles. The van der Waals surface area contributed by atoms with Crippen LogP contribution in [0.3, 0.4) is 0 Å². The van der Waals surface area contributed by atoms with Gasteiger partial charge >= 0.3 is 5.97 Å². The molecule has 2 rings (SSSR count). The van der Waals surface area contributed by atoms with Gasteiger partial charge in [-0.15, -0.1) is 0 Å². The summed E-state index contributed by atoms with van der Waals surface area (Å²) in [6.07, 6.45) is 1.71. The van der Waals surface area contributed by atoms with Crippen molar-refractivity contribution in [2.45, 2.75) is 25.4 Å². The smallest absolute Gasteiger partial charge is 0.323 e. The van der Waals surface area contributed by atoms with Crippen LogP contribution in [0.1, 0.15) is 24.0 Å². The lowest BCUT2D eigenvalue weighted by atomic mass is 10.1. The second kappa shape index (κ2) is 5.81. The van der Waals surface area contributed by atoms with E-state index in [-0.39, 0.29) is 17.6 Å². The first-order valence-corrected chi connectivity index (χ1v) is 6.16. The maximum Gasteiger partial charge on any atom is 0.323 e. The summed E-state index contributed by atoms with van der Waals surface area (Å²) in [5, 5.41) is 8.80. The third kappa shape index (κ3) is 2.91. The zero-order chi connectivity index (χ0) is 13.8. The van der Waals surface area contributed by atoms with Crippen LogP contribution in [0, 0.1) is 17.1 Å². The summed E-state index contributed by atoms with van der Waals surface area (Å²) in [6, 6.07) is 6.05. The Kier molecular flexibility index (Phi) is 4.13. The molecule has 1 heterocycles. The maximum absolute atomic E-state index is 13.2. The van der Waals surface area contributed by atoms with Crippen molar-refractivity contribution in [2.24, 2.45) is 0 Å². The minimum atomic E-state index is -0.516. The minimum Gasteiger partial charge on any atom is -0.468 e. The van der Waals surface area contributed by atoms with E-state index in [0.29, 0.717) is 6.54 Å². The number of carbonyl (C=O) groups is 1. The largest absolute Gasteiger partial charge is 0.468 e. The van der Waals surface area contributed by atoms with Crippen LogP contribution in [-0.4, -0.2) is 30.6 Å². The minimum absolute atomic E-state index is 0.0336. The Hall–Kier alpha value is -1.93. The van der Waals surface area contributed by atoms with Gasteiger partial charge in [-0.2, -0.15) is 5.26 Å². The average Bonchev–Trinajstić information content (AvgIpc) is 2.88. The fraction of sp³-hybridized carbons (Fsp3) is 0.429. The number of nitriles is 1. The van der Waals surface area contributed by atoms with E-state index in [1.807, 2.05) is 11.0 Å². The molecular formula is C14H15FN2O2. The molecule has 4 nitrogen and oxygen atoms in total. The molecule has 0 amide bonds. The molecule has 1 aliphatic heterocycles. The first-order chi connectivity index (χ1) is 9.15. The van der Waals surface area contributed by atoms with Crippen molar-refractivity contribution in [3.05, 3.63) is 35.1 Å². The fourth-order valence-electron chi connectivity index (χ4n) is 2.41. The monoisotopic (exact) mass is 262 g/mol. The number of hydrogen-bond acceptors (Lipinski definition) is 4. The highest BCUT2D eigenvalue weighted by Gasteiger charge is 2.31. The lowest BCUT2D eigenvalue weighted by Gasteiger charge is -2.22. The van der Waals surface area contributed by atoms with Crippen molar-refractivity contribution in [1.29, 1.82) is 5.26 Å². The van der Waals surface area contributed by atoms with Crippen LogP contribution in [0.15, 0.2) is 18.2 Å². The lowest BCUT2D eigenvalue weighted by molar-refractivity contribution is -0.146. The Bertz CT molecular complexity index is 525. The van der Waals surface area contributed by atoms with Crippen LogP contribution in [0.25, 0.3) is 0 Å². The number of nitrogens with zero attached hydrogens (tertiary/aromatic N) is 2. The molecule has 0 N–H and O–H groups in total. The van der Waals surface area contributed by atoms with Gasteiger partial charge in [0.25, 0.3) is 0 Å². The van der Waals surface area contributed by atoms with E-state index in [0.717, 1.165) is 24.9 Å². The predicted octanol–water partition coefficient (Wildman–Crippen LogP) is 1.83. The Morgan fingerprint density at radius 1 is 1.63 bits per heavy atom. The van der Waals surface area contributed by atoms with Gasteiger partial charge in [0.05, 0.1) is 12.7 Å². The van der Waals surface area contributed by atoms with Gasteiger partial charge in [-0.05, 0) is 37.1 Å². The molecule has 1 aliphatic rings. The summed E-state index contributed by atoms with van der Waals surface area (Å²) in [5.74, 6) is -0.752. The molecule has 19 heavy (non-hydrogen) atoms. The van der Waals surface area contributed by atoms with Gasteiger partial charge < -0.3 is 4.74 Å². The van der Waals surface area contributed by atoms with Crippen molar-refractivity contribution in [3.63, 3.8) is 0 Å². The van der Waals surface area contributed by atoms with Gasteiger partial charge in [0.2, 0.25) is 0 Å². The van der Waals surface area contributed by atoms with Crippen LogP contribution in [-0.2, 0) is 16.1 Å². The number of carbonyl (C=O) groups excluding carboxylic acids is 1. The molecule has 1 unspecified atom stereocenters. The first kappa shape index (κ1) is 13.5. The highest BCUT2D eigenvalue weighted by molar-refractivity contribution is 5.75. The summed E-state index contributed by atoms with van der Waals surface area (Å²) in [7, 11) is 1.38. The summed E-state index contributed by atoms with van der Waals surface area (Å²) < 4.78 is 18.0. The van der Waals surface area contributed by atoms with Gasteiger partial charge in [0.1, 0.15) is 17.9 Å². The maximum atomic E-state index is 13.2. The lowest BCUT2D eigenvalue weighted by Crippen LogP contribution is -2.36. The van der Waals surface area contributed by atoms with Crippen molar-refractivity contribution < 1.29 is 13.9 Å². The van der Waals surface area contributed by atoms with Crippen molar-refractivity contribution in [1.82, 2.24) is 4.90 Å². The van der Waals surface area contributed by atoms with Gasteiger partial charge in [-0.25, -0.2) is 4.39 Å². The number of esters is 1. The van der Waals surface area contributed by atoms with Crippen LogP contribution in [0.5, 0.6) is 0 Å². The van der Waals surface area contributed by atoms with Crippen molar-refractivity contribution in [3.8, 4) is 6.07 Å². The topological polar surface area (TPSA) is 53.3 Å². The molecular weight excluding hydrogens is 247 g/mol. The highest BCUT2D eigenvalue weighted by atomic mass is 19.1. The summed E-state index contributed by atoms with van der Waals surface area (Å²) >= 11 is 0. The van der Waals surface area contributed by atoms with Crippen LogP contribution < -0.4 is 0 Å². The summed E-state index contributed by atoms with van der Waals surface area (Å²) in [4.78, 5) is 13.6. The molecule has 0 spiro atoms. The number of halogens is 1. The Morgan fingerprint density at radius 3 is 3.11 bits per heavy atom. The zero-order valence-electron chi connectivity index (χ0n) is 10.7. The number of methoxy groups -OCH3 is 1. The van der Waals surface area contributed by atoms with E-state index in [4.69, 9.17) is 10.00 Å². The van der Waals surface area contributed by atoms with Gasteiger partial charge in [-0.1, -0.05) is 6.07 Å². The molecule has 100 valence electrons. The Labute approximate surface area is 111 Å². The Morgan fingerprint density at radius 2 is 2.42 bits per heavy atom. The molecule has 1 aromatic carbocycles. The molecule has 1 saturated heterocycles. The van der Waals surface area contributed by atoms with Gasteiger partial charge in [-0.3, -0.25) is 9.69 Å². The van der Waals surface area contributed by atoms with E-state index in [2.05, 4.69) is 0 Å². The summed E-state index contributed by atoms with van der Waals surface area (Å²) in [6.45, 7) is 1.33. The molecule has 1 fully saturated rings. The van der Waals surface area contributed by atoms with Gasteiger partial charge in [0, 0.05) is 6.54 Å². The van der Waals surface area contributed by atoms with Crippen molar-refractivity contribution in [2.75, 3.05) is 13.7 Å². The van der Waals surface area contributed by atoms with Gasteiger partial charge in [0.15, 0.2) is 0 Å².